The zero-order valence-corrected chi connectivity index (χ0v) is 11.1. The van der Waals surface area contributed by atoms with Crippen LogP contribution in [0, 0.1) is 5.41 Å². The van der Waals surface area contributed by atoms with Crippen molar-refractivity contribution in [2.24, 2.45) is 5.41 Å². The van der Waals surface area contributed by atoms with Crippen molar-refractivity contribution in [3.63, 3.8) is 0 Å². The molecule has 1 saturated heterocycles. The van der Waals surface area contributed by atoms with Gasteiger partial charge in [-0.05, 0) is 32.7 Å². The summed E-state index contributed by atoms with van der Waals surface area (Å²) in [6.07, 6.45) is 4.27. The summed E-state index contributed by atoms with van der Waals surface area (Å²) in [5.41, 5.74) is -0.234. The van der Waals surface area contributed by atoms with E-state index in [-0.39, 0.29) is 11.0 Å². The van der Waals surface area contributed by atoms with E-state index in [2.05, 4.69) is 18.7 Å². The summed E-state index contributed by atoms with van der Waals surface area (Å²) in [7, 11) is 1.78. The van der Waals surface area contributed by atoms with Gasteiger partial charge in [0.25, 0.3) is 0 Å². The van der Waals surface area contributed by atoms with Crippen molar-refractivity contribution in [2.75, 3.05) is 26.7 Å². The minimum Gasteiger partial charge on any atom is -0.377 e. The SMILES string of the molecule is CCC(C)(C=O)CN1CCCC(C)(OC)C1. The molecule has 1 rings (SSSR count). The van der Waals surface area contributed by atoms with Gasteiger partial charge in [0.1, 0.15) is 6.29 Å². The van der Waals surface area contributed by atoms with E-state index in [1.807, 2.05) is 6.92 Å². The second kappa shape index (κ2) is 5.28. The van der Waals surface area contributed by atoms with Gasteiger partial charge in [0, 0.05) is 25.6 Å². The van der Waals surface area contributed by atoms with Gasteiger partial charge in [0.15, 0.2) is 0 Å². The number of ether oxygens (including phenoxy) is 1. The van der Waals surface area contributed by atoms with E-state index in [1.54, 1.807) is 7.11 Å². The number of nitrogens with zero attached hydrogens (tertiary/aromatic N) is 1. The maximum Gasteiger partial charge on any atom is 0.127 e. The fourth-order valence-electron chi connectivity index (χ4n) is 2.35. The van der Waals surface area contributed by atoms with Crippen molar-refractivity contribution in [3.05, 3.63) is 0 Å². The summed E-state index contributed by atoms with van der Waals surface area (Å²) in [5.74, 6) is 0. The van der Waals surface area contributed by atoms with Crippen LogP contribution < -0.4 is 0 Å². The Morgan fingerprint density at radius 1 is 1.56 bits per heavy atom. The first-order valence-corrected chi connectivity index (χ1v) is 6.21. The van der Waals surface area contributed by atoms with Gasteiger partial charge in [0.05, 0.1) is 5.60 Å². The van der Waals surface area contributed by atoms with E-state index >= 15 is 0 Å². The van der Waals surface area contributed by atoms with Crippen molar-refractivity contribution in [1.29, 1.82) is 0 Å². The Hall–Kier alpha value is -0.410. The molecular weight excluding hydrogens is 202 g/mol. The Bertz CT molecular complexity index is 244. The summed E-state index contributed by atoms with van der Waals surface area (Å²) < 4.78 is 5.56. The van der Waals surface area contributed by atoms with Gasteiger partial charge in [-0.25, -0.2) is 0 Å². The zero-order chi connectivity index (χ0) is 12.2. The smallest absolute Gasteiger partial charge is 0.127 e. The molecule has 0 aliphatic carbocycles. The van der Waals surface area contributed by atoms with Gasteiger partial charge in [0.2, 0.25) is 0 Å². The molecule has 3 nitrogen and oxygen atoms in total. The number of carbonyl (C=O) groups is 1. The topological polar surface area (TPSA) is 29.5 Å². The summed E-state index contributed by atoms with van der Waals surface area (Å²) >= 11 is 0. The van der Waals surface area contributed by atoms with Crippen LogP contribution in [-0.2, 0) is 9.53 Å². The normalized spacial score (nSPS) is 31.0. The van der Waals surface area contributed by atoms with E-state index in [0.29, 0.717) is 0 Å². The lowest BCUT2D eigenvalue weighted by molar-refractivity contribution is -0.118. The minimum atomic E-state index is -0.202. The first kappa shape index (κ1) is 13.7. The molecule has 0 aromatic heterocycles. The maximum atomic E-state index is 11.1. The molecule has 1 heterocycles. The number of carbonyl (C=O) groups excluding carboxylic acids is 1. The highest BCUT2D eigenvalue weighted by molar-refractivity contribution is 5.58. The molecule has 0 spiro atoms. The number of hydrogen-bond acceptors (Lipinski definition) is 3. The zero-order valence-electron chi connectivity index (χ0n) is 11.1. The van der Waals surface area contributed by atoms with Gasteiger partial charge >= 0.3 is 0 Å². The third-order valence-electron chi connectivity index (χ3n) is 3.91. The molecule has 0 aromatic carbocycles. The molecule has 2 atom stereocenters. The van der Waals surface area contributed by atoms with Crippen LogP contribution >= 0.6 is 0 Å². The first-order chi connectivity index (χ1) is 7.47. The number of likely N-dealkylation sites (tertiary alicyclic amines) is 1. The molecule has 94 valence electrons. The summed E-state index contributed by atoms with van der Waals surface area (Å²) in [6, 6.07) is 0. The predicted octanol–water partition coefficient (Wildman–Crippen LogP) is 2.10. The van der Waals surface area contributed by atoms with Crippen LogP contribution in [0.25, 0.3) is 0 Å². The number of hydrogen-bond donors (Lipinski definition) is 0. The quantitative estimate of drug-likeness (QED) is 0.674. The molecule has 1 fully saturated rings. The molecule has 0 aromatic rings. The third kappa shape index (κ3) is 3.29. The van der Waals surface area contributed by atoms with Crippen molar-refractivity contribution >= 4 is 6.29 Å². The minimum absolute atomic E-state index is 0.0320. The molecule has 0 bridgehead atoms. The number of aldehydes is 1. The molecule has 16 heavy (non-hydrogen) atoms. The Labute approximate surface area is 99.1 Å². The molecule has 1 aliphatic heterocycles. The molecule has 3 heteroatoms. The Kier molecular flexibility index (Phi) is 4.51. The van der Waals surface area contributed by atoms with Crippen molar-refractivity contribution in [1.82, 2.24) is 4.90 Å². The molecule has 1 aliphatic rings. The second-order valence-electron chi connectivity index (χ2n) is 5.59. The van der Waals surface area contributed by atoms with Crippen LogP contribution in [0.1, 0.15) is 40.0 Å². The van der Waals surface area contributed by atoms with Crippen LogP contribution in [-0.4, -0.2) is 43.5 Å². The Morgan fingerprint density at radius 3 is 2.75 bits per heavy atom. The highest BCUT2D eigenvalue weighted by Crippen LogP contribution is 2.27. The monoisotopic (exact) mass is 227 g/mol. The molecule has 0 amide bonds. The average Bonchev–Trinajstić information content (AvgIpc) is 2.29. The first-order valence-electron chi connectivity index (χ1n) is 6.21. The number of methoxy groups -OCH3 is 1. The lowest BCUT2D eigenvalue weighted by Gasteiger charge is -2.42. The van der Waals surface area contributed by atoms with E-state index in [0.717, 1.165) is 45.2 Å². The van der Waals surface area contributed by atoms with Crippen molar-refractivity contribution < 1.29 is 9.53 Å². The molecule has 2 unspecified atom stereocenters. The molecule has 0 saturated carbocycles. The lowest BCUT2D eigenvalue weighted by atomic mass is 9.86. The molecular formula is C13H25NO2. The van der Waals surface area contributed by atoms with Gasteiger partial charge in [-0.3, -0.25) is 4.90 Å². The van der Waals surface area contributed by atoms with E-state index in [1.165, 1.54) is 0 Å². The molecule has 0 N–H and O–H groups in total. The highest BCUT2D eigenvalue weighted by atomic mass is 16.5. The number of rotatable bonds is 5. The van der Waals surface area contributed by atoms with Crippen molar-refractivity contribution in [3.8, 4) is 0 Å². The van der Waals surface area contributed by atoms with Crippen molar-refractivity contribution in [2.45, 2.75) is 45.6 Å². The lowest BCUT2D eigenvalue weighted by Crippen LogP contribution is -2.50. The van der Waals surface area contributed by atoms with Gasteiger partial charge < -0.3 is 9.53 Å². The second-order valence-corrected chi connectivity index (χ2v) is 5.59. The third-order valence-corrected chi connectivity index (χ3v) is 3.91. The summed E-state index contributed by atoms with van der Waals surface area (Å²) in [4.78, 5) is 13.5. The fraction of sp³-hybridized carbons (Fsp3) is 0.923. The Balaban J connectivity index is 2.58. The summed E-state index contributed by atoms with van der Waals surface area (Å²) in [5, 5.41) is 0. The van der Waals surface area contributed by atoms with Gasteiger partial charge in [-0.1, -0.05) is 13.8 Å². The summed E-state index contributed by atoms with van der Waals surface area (Å²) in [6.45, 7) is 9.15. The van der Waals surface area contributed by atoms with E-state index < -0.39 is 0 Å². The van der Waals surface area contributed by atoms with Crippen LogP contribution in [0.4, 0.5) is 0 Å². The van der Waals surface area contributed by atoms with Crippen LogP contribution in [0.2, 0.25) is 0 Å². The largest absolute Gasteiger partial charge is 0.377 e. The van der Waals surface area contributed by atoms with Crippen LogP contribution in [0.3, 0.4) is 0 Å². The maximum absolute atomic E-state index is 11.1. The van der Waals surface area contributed by atoms with Crippen LogP contribution in [0.15, 0.2) is 0 Å². The van der Waals surface area contributed by atoms with Gasteiger partial charge in [-0.15, -0.1) is 0 Å². The van der Waals surface area contributed by atoms with Crippen LogP contribution in [0.5, 0.6) is 0 Å². The van der Waals surface area contributed by atoms with E-state index in [9.17, 15) is 4.79 Å². The predicted molar refractivity (Wildman–Crippen MR) is 65.6 cm³/mol. The Morgan fingerprint density at radius 2 is 2.25 bits per heavy atom. The number of piperidine rings is 1. The average molecular weight is 227 g/mol. The molecule has 0 radical (unpaired) electrons. The standard InChI is InChI=1S/C13H25NO2/c1-5-12(2,11-15)9-14-8-6-7-13(3,10-14)16-4/h11H,5-10H2,1-4H3. The highest BCUT2D eigenvalue weighted by Gasteiger charge is 2.34. The van der Waals surface area contributed by atoms with Gasteiger partial charge in [-0.2, -0.15) is 0 Å². The fourth-order valence-corrected chi connectivity index (χ4v) is 2.35. The van der Waals surface area contributed by atoms with E-state index in [4.69, 9.17) is 4.74 Å².